The van der Waals surface area contributed by atoms with Gasteiger partial charge in [-0.25, -0.2) is 9.37 Å². The number of fused-ring (bicyclic) bond motifs is 1. The molecule has 8 heteroatoms. The molecule has 1 heterocycles. The van der Waals surface area contributed by atoms with Gasteiger partial charge >= 0.3 is 0 Å². The SMILES string of the molecule is O=C(Cn1cnc2ccc([N+](=O)[O-])cc2c1=O)c1ccccc1F. The van der Waals surface area contributed by atoms with E-state index in [1.54, 1.807) is 0 Å². The fraction of sp³-hybridized carbons (Fsp3) is 0.0625. The van der Waals surface area contributed by atoms with Crippen molar-refractivity contribution >= 4 is 22.4 Å². The van der Waals surface area contributed by atoms with Gasteiger partial charge < -0.3 is 0 Å². The number of nitrogens with zero attached hydrogens (tertiary/aromatic N) is 3. The Kier molecular flexibility index (Phi) is 3.87. The van der Waals surface area contributed by atoms with Crippen LogP contribution in [0.1, 0.15) is 10.4 Å². The van der Waals surface area contributed by atoms with Crippen LogP contribution in [0.2, 0.25) is 0 Å². The molecule has 0 spiro atoms. The van der Waals surface area contributed by atoms with Crippen LogP contribution < -0.4 is 5.56 Å². The molecular weight excluding hydrogens is 317 g/mol. The summed E-state index contributed by atoms with van der Waals surface area (Å²) in [6, 6.07) is 9.15. The van der Waals surface area contributed by atoms with Crippen molar-refractivity contribution in [3.8, 4) is 0 Å². The van der Waals surface area contributed by atoms with Crippen LogP contribution in [0.3, 0.4) is 0 Å². The number of aromatic nitrogens is 2. The first-order valence-electron chi connectivity index (χ1n) is 6.88. The number of carbonyl (C=O) groups is 1. The van der Waals surface area contributed by atoms with Crippen LogP contribution >= 0.6 is 0 Å². The van der Waals surface area contributed by atoms with Gasteiger partial charge in [0.2, 0.25) is 0 Å². The summed E-state index contributed by atoms with van der Waals surface area (Å²) in [6.07, 6.45) is 1.16. The number of rotatable bonds is 4. The van der Waals surface area contributed by atoms with E-state index >= 15 is 0 Å². The lowest BCUT2D eigenvalue weighted by Gasteiger charge is -2.06. The van der Waals surface area contributed by atoms with Crippen LogP contribution in [0.25, 0.3) is 10.9 Å². The maximum Gasteiger partial charge on any atom is 0.270 e. The normalized spacial score (nSPS) is 10.7. The maximum absolute atomic E-state index is 13.6. The fourth-order valence-electron chi connectivity index (χ4n) is 2.30. The number of hydrogen-bond donors (Lipinski definition) is 0. The molecule has 2 aromatic carbocycles. The molecule has 0 bridgehead atoms. The lowest BCUT2D eigenvalue weighted by Crippen LogP contribution is -2.25. The van der Waals surface area contributed by atoms with Crippen molar-refractivity contribution in [3.05, 3.63) is 80.6 Å². The molecule has 0 saturated heterocycles. The Morgan fingerprint density at radius 3 is 2.71 bits per heavy atom. The van der Waals surface area contributed by atoms with Gasteiger partial charge in [0, 0.05) is 12.1 Å². The number of ketones is 1. The molecule has 1 aromatic heterocycles. The smallest absolute Gasteiger partial charge is 0.270 e. The van der Waals surface area contributed by atoms with Gasteiger partial charge in [0.1, 0.15) is 5.82 Å². The van der Waals surface area contributed by atoms with E-state index in [4.69, 9.17) is 0 Å². The number of benzene rings is 2. The molecule has 24 heavy (non-hydrogen) atoms. The van der Waals surface area contributed by atoms with E-state index in [0.29, 0.717) is 0 Å². The highest BCUT2D eigenvalue weighted by Gasteiger charge is 2.15. The van der Waals surface area contributed by atoms with Crippen molar-refractivity contribution in [1.29, 1.82) is 0 Å². The zero-order valence-electron chi connectivity index (χ0n) is 12.2. The number of nitro benzene ring substituents is 1. The van der Waals surface area contributed by atoms with Gasteiger partial charge in [0.15, 0.2) is 5.78 Å². The third-order valence-electron chi connectivity index (χ3n) is 3.51. The molecule has 0 aliphatic heterocycles. The highest BCUT2D eigenvalue weighted by molar-refractivity contribution is 5.96. The van der Waals surface area contributed by atoms with Gasteiger partial charge in [-0.3, -0.25) is 24.3 Å². The molecule has 120 valence electrons. The first-order valence-corrected chi connectivity index (χ1v) is 6.88. The summed E-state index contributed by atoms with van der Waals surface area (Å²) in [5.74, 6) is -1.28. The average molecular weight is 327 g/mol. The van der Waals surface area contributed by atoms with Gasteiger partial charge in [0.25, 0.3) is 11.2 Å². The number of Topliss-reactive ketones (excluding diaryl/α,β-unsaturated/α-hetero) is 1. The van der Waals surface area contributed by atoms with Gasteiger partial charge in [-0.05, 0) is 18.2 Å². The fourth-order valence-corrected chi connectivity index (χ4v) is 2.30. The summed E-state index contributed by atoms with van der Waals surface area (Å²) < 4.78 is 14.6. The molecule has 3 aromatic rings. The van der Waals surface area contributed by atoms with E-state index in [9.17, 15) is 24.1 Å². The van der Waals surface area contributed by atoms with Crippen LogP contribution in [0, 0.1) is 15.9 Å². The molecule has 0 amide bonds. The lowest BCUT2D eigenvalue weighted by molar-refractivity contribution is -0.384. The molecule has 7 nitrogen and oxygen atoms in total. The first-order chi connectivity index (χ1) is 11.5. The van der Waals surface area contributed by atoms with Crippen LogP contribution in [-0.2, 0) is 6.54 Å². The van der Waals surface area contributed by atoms with Crippen molar-refractivity contribution < 1.29 is 14.1 Å². The monoisotopic (exact) mass is 327 g/mol. The van der Waals surface area contributed by atoms with Gasteiger partial charge in [-0.1, -0.05) is 12.1 Å². The second kappa shape index (κ2) is 5.99. The van der Waals surface area contributed by atoms with E-state index in [0.717, 1.165) is 23.0 Å². The number of nitro groups is 1. The van der Waals surface area contributed by atoms with Crippen LogP contribution in [-0.4, -0.2) is 20.3 Å². The molecule has 0 fully saturated rings. The standard InChI is InChI=1S/C16H10FN3O4/c17-13-4-2-1-3-11(13)15(21)8-19-9-18-14-6-5-10(20(23)24)7-12(14)16(19)22/h1-7,9H,8H2. The second-order valence-electron chi connectivity index (χ2n) is 5.04. The topological polar surface area (TPSA) is 95.1 Å². The minimum absolute atomic E-state index is 0.0213. The largest absolute Gasteiger partial charge is 0.292 e. The molecule has 0 N–H and O–H groups in total. The second-order valence-corrected chi connectivity index (χ2v) is 5.04. The molecule has 0 aliphatic carbocycles. The van der Waals surface area contributed by atoms with E-state index in [2.05, 4.69) is 4.98 Å². The zero-order chi connectivity index (χ0) is 17.3. The molecular formula is C16H10FN3O4. The Hall–Kier alpha value is -3.42. The molecule has 0 atom stereocenters. The van der Waals surface area contributed by atoms with Crippen molar-refractivity contribution in [2.45, 2.75) is 6.54 Å². The van der Waals surface area contributed by atoms with Gasteiger partial charge in [-0.15, -0.1) is 0 Å². The predicted molar refractivity (Wildman–Crippen MR) is 83.4 cm³/mol. The Labute approximate surface area is 134 Å². The summed E-state index contributed by atoms with van der Waals surface area (Å²) >= 11 is 0. The molecule has 0 aliphatic rings. The summed E-state index contributed by atoms with van der Waals surface area (Å²) in [4.78, 5) is 38.8. The Morgan fingerprint density at radius 1 is 1.25 bits per heavy atom. The predicted octanol–water partition coefficient (Wildman–Crippen LogP) is 2.33. The number of hydrogen-bond acceptors (Lipinski definition) is 5. The first kappa shape index (κ1) is 15.5. The molecule has 0 radical (unpaired) electrons. The summed E-state index contributed by atoms with van der Waals surface area (Å²) in [7, 11) is 0. The van der Waals surface area contributed by atoms with Crippen molar-refractivity contribution in [2.24, 2.45) is 0 Å². The Bertz CT molecular complexity index is 1030. The van der Waals surface area contributed by atoms with Crippen molar-refractivity contribution in [3.63, 3.8) is 0 Å². The van der Waals surface area contributed by atoms with E-state index in [1.807, 2.05) is 0 Å². The minimum Gasteiger partial charge on any atom is -0.292 e. The van der Waals surface area contributed by atoms with Crippen LogP contribution in [0.4, 0.5) is 10.1 Å². The van der Waals surface area contributed by atoms with Crippen LogP contribution in [0.15, 0.2) is 53.6 Å². The van der Waals surface area contributed by atoms with Crippen LogP contribution in [0.5, 0.6) is 0 Å². The van der Waals surface area contributed by atoms with Crippen molar-refractivity contribution in [1.82, 2.24) is 9.55 Å². The highest BCUT2D eigenvalue weighted by Crippen LogP contribution is 2.16. The Morgan fingerprint density at radius 2 is 2.00 bits per heavy atom. The van der Waals surface area contributed by atoms with Crippen molar-refractivity contribution in [2.75, 3.05) is 0 Å². The lowest BCUT2D eigenvalue weighted by atomic mass is 10.1. The number of carbonyl (C=O) groups excluding carboxylic acids is 1. The van der Waals surface area contributed by atoms with E-state index < -0.39 is 28.6 Å². The van der Waals surface area contributed by atoms with E-state index in [-0.39, 0.29) is 22.2 Å². The summed E-state index contributed by atoms with van der Waals surface area (Å²) in [5.41, 5.74) is -0.711. The molecule has 0 saturated carbocycles. The maximum atomic E-state index is 13.6. The molecule has 3 rings (SSSR count). The number of non-ortho nitro benzene ring substituents is 1. The third kappa shape index (κ3) is 2.76. The average Bonchev–Trinajstić information content (AvgIpc) is 2.57. The summed E-state index contributed by atoms with van der Waals surface area (Å²) in [5, 5.41) is 10.8. The highest BCUT2D eigenvalue weighted by atomic mass is 19.1. The molecule has 0 unspecified atom stereocenters. The zero-order valence-corrected chi connectivity index (χ0v) is 12.2. The number of halogens is 1. The minimum atomic E-state index is -0.681. The summed E-state index contributed by atoms with van der Waals surface area (Å²) in [6.45, 7) is -0.411. The Balaban J connectivity index is 2.03. The van der Waals surface area contributed by atoms with Gasteiger partial charge in [0.05, 0.1) is 34.3 Å². The van der Waals surface area contributed by atoms with Gasteiger partial charge in [-0.2, -0.15) is 0 Å². The quantitative estimate of drug-likeness (QED) is 0.416. The van der Waals surface area contributed by atoms with E-state index in [1.165, 1.54) is 30.3 Å². The third-order valence-corrected chi connectivity index (χ3v) is 3.51.